The third kappa shape index (κ3) is 4.24. The molecule has 0 radical (unpaired) electrons. The van der Waals surface area contributed by atoms with Crippen LogP contribution in [0.1, 0.15) is 25.0 Å². The summed E-state index contributed by atoms with van der Waals surface area (Å²) in [4.78, 5) is 13.7. The van der Waals surface area contributed by atoms with Gasteiger partial charge in [0.2, 0.25) is 0 Å². The molecule has 0 atom stereocenters. The van der Waals surface area contributed by atoms with Crippen molar-refractivity contribution in [2.45, 2.75) is 33.7 Å². The maximum absolute atomic E-state index is 12.1. The molecule has 0 aliphatic carbocycles. The van der Waals surface area contributed by atoms with E-state index in [1.165, 1.54) is 0 Å². The summed E-state index contributed by atoms with van der Waals surface area (Å²) in [5.74, 6) is 0.662. The maximum Gasteiger partial charge on any atom is 0.260 e. The quantitative estimate of drug-likeness (QED) is 0.855. The number of rotatable bonds is 6. The van der Waals surface area contributed by atoms with Gasteiger partial charge in [0, 0.05) is 12.6 Å². The van der Waals surface area contributed by atoms with Gasteiger partial charge in [0.1, 0.15) is 5.75 Å². The number of benzene rings is 1. The summed E-state index contributed by atoms with van der Waals surface area (Å²) in [6.45, 7) is 8.07. The molecule has 4 nitrogen and oxygen atoms in total. The zero-order valence-corrected chi connectivity index (χ0v) is 12.1. The standard InChI is InChI=1S/C15H23NO3/c1-11(2)16(8-9-17)14(18)10-19-15-12(3)6-5-7-13(15)4/h5-7,11,17H,8-10H2,1-4H3. The third-order valence-electron chi connectivity index (χ3n) is 3.03. The number of hydrogen-bond donors (Lipinski definition) is 1. The third-order valence-corrected chi connectivity index (χ3v) is 3.03. The first kappa shape index (κ1) is 15.5. The second-order valence-corrected chi connectivity index (χ2v) is 4.91. The van der Waals surface area contributed by atoms with Crippen molar-refractivity contribution < 1.29 is 14.6 Å². The van der Waals surface area contributed by atoms with Crippen LogP contribution in [0.5, 0.6) is 5.75 Å². The Morgan fingerprint density at radius 1 is 1.32 bits per heavy atom. The van der Waals surface area contributed by atoms with E-state index < -0.39 is 0 Å². The maximum atomic E-state index is 12.1. The Morgan fingerprint density at radius 3 is 2.37 bits per heavy atom. The van der Waals surface area contributed by atoms with Gasteiger partial charge in [-0.2, -0.15) is 0 Å². The predicted octanol–water partition coefficient (Wildman–Crippen LogP) is 1.91. The summed E-state index contributed by atoms with van der Waals surface area (Å²) in [5.41, 5.74) is 2.04. The Balaban J connectivity index is 2.67. The van der Waals surface area contributed by atoms with Crippen molar-refractivity contribution >= 4 is 5.91 Å². The fourth-order valence-electron chi connectivity index (χ4n) is 2.02. The Labute approximate surface area is 115 Å². The van der Waals surface area contributed by atoms with E-state index in [1.807, 2.05) is 45.9 Å². The van der Waals surface area contributed by atoms with Gasteiger partial charge in [0.15, 0.2) is 6.61 Å². The minimum atomic E-state index is -0.105. The molecule has 1 aromatic rings. The van der Waals surface area contributed by atoms with Crippen LogP contribution < -0.4 is 4.74 Å². The zero-order chi connectivity index (χ0) is 14.4. The molecule has 0 unspecified atom stereocenters. The highest BCUT2D eigenvalue weighted by atomic mass is 16.5. The number of aliphatic hydroxyl groups is 1. The molecule has 1 rings (SSSR count). The molecule has 0 spiro atoms. The molecule has 1 amide bonds. The van der Waals surface area contributed by atoms with E-state index in [0.717, 1.165) is 16.9 Å². The lowest BCUT2D eigenvalue weighted by atomic mass is 10.1. The van der Waals surface area contributed by atoms with Crippen LogP contribution in [-0.4, -0.2) is 41.7 Å². The molecule has 0 saturated heterocycles. The van der Waals surface area contributed by atoms with Crippen molar-refractivity contribution in [2.24, 2.45) is 0 Å². The van der Waals surface area contributed by atoms with E-state index in [0.29, 0.717) is 6.54 Å². The van der Waals surface area contributed by atoms with Crippen LogP contribution >= 0.6 is 0 Å². The minimum absolute atomic E-state index is 0.00384. The smallest absolute Gasteiger partial charge is 0.260 e. The molecule has 1 aromatic carbocycles. The monoisotopic (exact) mass is 265 g/mol. The van der Waals surface area contributed by atoms with E-state index in [2.05, 4.69) is 0 Å². The first-order valence-electron chi connectivity index (χ1n) is 6.56. The number of ether oxygens (including phenoxy) is 1. The highest BCUT2D eigenvalue weighted by Gasteiger charge is 2.17. The number of amides is 1. The lowest BCUT2D eigenvalue weighted by Crippen LogP contribution is -2.41. The number of para-hydroxylation sites is 1. The molecule has 0 saturated carbocycles. The van der Waals surface area contributed by atoms with Crippen molar-refractivity contribution in [3.63, 3.8) is 0 Å². The molecular weight excluding hydrogens is 242 g/mol. The summed E-state index contributed by atoms with van der Waals surface area (Å²) < 4.78 is 5.63. The summed E-state index contributed by atoms with van der Waals surface area (Å²) in [6, 6.07) is 5.94. The fraction of sp³-hybridized carbons (Fsp3) is 0.533. The molecular formula is C15H23NO3. The average Bonchev–Trinajstić information content (AvgIpc) is 2.34. The van der Waals surface area contributed by atoms with Gasteiger partial charge < -0.3 is 14.7 Å². The Morgan fingerprint density at radius 2 is 1.89 bits per heavy atom. The summed E-state index contributed by atoms with van der Waals surface area (Å²) in [7, 11) is 0. The second-order valence-electron chi connectivity index (χ2n) is 4.91. The van der Waals surface area contributed by atoms with E-state index >= 15 is 0 Å². The average molecular weight is 265 g/mol. The number of nitrogens with zero attached hydrogens (tertiary/aromatic N) is 1. The largest absolute Gasteiger partial charge is 0.483 e. The Hall–Kier alpha value is -1.55. The van der Waals surface area contributed by atoms with Gasteiger partial charge in [0.25, 0.3) is 5.91 Å². The van der Waals surface area contributed by atoms with Gasteiger partial charge in [-0.1, -0.05) is 18.2 Å². The molecule has 19 heavy (non-hydrogen) atoms. The SMILES string of the molecule is Cc1cccc(C)c1OCC(=O)N(CCO)C(C)C. The number of hydrogen-bond acceptors (Lipinski definition) is 3. The first-order valence-corrected chi connectivity index (χ1v) is 6.56. The molecule has 0 aromatic heterocycles. The highest BCUT2D eigenvalue weighted by Crippen LogP contribution is 2.22. The van der Waals surface area contributed by atoms with Gasteiger partial charge in [0.05, 0.1) is 6.61 Å². The molecule has 1 N–H and O–H groups in total. The van der Waals surface area contributed by atoms with Crippen LogP contribution in [0, 0.1) is 13.8 Å². The van der Waals surface area contributed by atoms with Crippen LogP contribution in [0.3, 0.4) is 0 Å². The highest BCUT2D eigenvalue weighted by molar-refractivity contribution is 5.78. The van der Waals surface area contributed by atoms with Crippen molar-refractivity contribution in [3.8, 4) is 5.75 Å². The Kier molecular flexibility index (Phi) is 5.83. The zero-order valence-electron chi connectivity index (χ0n) is 12.1. The summed E-state index contributed by atoms with van der Waals surface area (Å²) in [5, 5.41) is 8.97. The van der Waals surface area contributed by atoms with Crippen molar-refractivity contribution in [1.82, 2.24) is 4.90 Å². The van der Waals surface area contributed by atoms with Gasteiger partial charge in [-0.25, -0.2) is 0 Å². The summed E-state index contributed by atoms with van der Waals surface area (Å²) >= 11 is 0. The molecule has 106 valence electrons. The molecule has 0 fully saturated rings. The number of carbonyl (C=O) groups excluding carboxylic acids is 1. The molecule has 0 aliphatic rings. The number of aliphatic hydroxyl groups excluding tert-OH is 1. The lowest BCUT2D eigenvalue weighted by molar-refractivity contribution is -0.135. The minimum Gasteiger partial charge on any atom is -0.483 e. The predicted molar refractivity (Wildman–Crippen MR) is 75.3 cm³/mol. The van der Waals surface area contributed by atoms with Gasteiger partial charge in [-0.3, -0.25) is 4.79 Å². The van der Waals surface area contributed by atoms with Crippen molar-refractivity contribution in [2.75, 3.05) is 19.8 Å². The van der Waals surface area contributed by atoms with Crippen LogP contribution in [0.15, 0.2) is 18.2 Å². The van der Waals surface area contributed by atoms with Crippen molar-refractivity contribution in [3.05, 3.63) is 29.3 Å². The van der Waals surface area contributed by atoms with Gasteiger partial charge in [-0.05, 0) is 38.8 Å². The van der Waals surface area contributed by atoms with Crippen molar-refractivity contribution in [1.29, 1.82) is 0 Å². The van der Waals surface area contributed by atoms with Gasteiger partial charge >= 0.3 is 0 Å². The molecule has 0 bridgehead atoms. The van der Waals surface area contributed by atoms with E-state index in [1.54, 1.807) is 4.90 Å². The number of carbonyl (C=O) groups is 1. The van der Waals surface area contributed by atoms with E-state index in [-0.39, 0.29) is 25.2 Å². The lowest BCUT2D eigenvalue weighted by Gasteiger charge is -2.26. The molecule has 0 heterocycles. The van der Waals surface area contributed by atoms with Crippen LogP contribution in [0.4, 0.5) is 0 Å². The van der Waals surface area contributed by atoms with E-state index in [4.69, 9.17) is 9.84 Å². The summed E-state index contributed by atoms with van der Waals surface area (Å²) in [6.07, 6.45) is 0. The van der Waals surface area contributed by atoms with Crippen LogP contribution in [0.25, 0.3) is 0 Å². The first-order chi connectivity index (χ1) is 8.97. The molecule has 4 heteroatoms. The van der Waals surface area contributed by atoms with Gasteiger partial charge in [-0.15, -0.1) is 0 Å². The fourth-order valence-corrected chi connectivity index (χ4v) is 2.02. The van der Waals surface area contributed by atoms with Crippen LogP contribution in [0.2, 0.25) is 0 Å². The molecule has 0 aliphatic heterocycles. The number of aryl methyl sites for hydroxylation is 2. The normalized spacial score (nSPS) is 10.6. The Bertz CT molecular complexity index is 409. The topological polar surface area (TPSA) is 49.8 Å². The van der Waals surface area contributed by atoms with Crippen LogP contribution in [-0.2, 0) is 4.79 Å². The van der Waals surface area contributed by atoms with E-state index in [9.17, 15) is 4.79 Å². The second kappa shape index (κ2) is 7.14.